The number of Topliss-reactive ketones (excluding diaryl/α,β-unsaturated/α-hetero) is 1. The number of methoxy groups -OCH3 is 1. The molecule has 1 aromatic heterocycles. The molecule has 41 heavy (non-hydrogen) atoms. The SMILES string of the molecule is COc1cc(C(=O)CCC(C)(O)c2cc(C(C)(C)N)cc(-c3ccc(F)c(C(F)(F)F)c3)n2)ccc1OC1CC1.Cl. The van der Waals surface area contributed by atoms with E-state index in [2.05, 4.69) is 4.98 Å². The topological polar surface area (TPSA) is 94.7 Å². The van der Waals surface area contributed by atoms with E-state index >= 15 is 0 Å². The Morgan fingerprint density at radius 1 is 1.05 bits per heavy atom. The van der Waals surface area contributed by atoms with Gasteiger partial charge in [-0.2, -0.15) is 13.2 Å². The number of carbonyl (C=O) groups excluding carboxylic acids is 1. The number of aromatic nitrogens is 1. The van der Waals surface area contributed by atoms with Gasteiger partial charge in [0, 0.05) is 23.1 Å². The first-order valence-corrected chi connectivity index (χ1v) is 12.9. The minimum absolute atomic E-state index is 0. The molecule has 1 aliphatic carbocycles. The van der Waals surface area contributed by atoms with Gasteiger partial charge in [-0.1, -0.05) is 0 Å². The lowest BCUT2D eigenvalue weighted by Crippen LogP contribution is -2.31. The third-order valence-corrected chi connectivity index (χ3v) is 6.83. The third kappa shape index (κ3) is 7.75. The number of ether oxygens (including phenoxy) is 2. The number of pyridine rings is 1. The van der Waals surface area contributed by atoms with Crippen LogP contribution in [0.15, 0.2) is 48.5 Å². The van der Waals surface area contributed by atoms with Crippen LogP contribution in [-0.4, -0.2) is 29.1 Å². The lowest BCUT2D eigenvalue weighted by Gasteiger charge is -2.27. The summed E-state index contributed by atoms with van der Waals surface area (Å²) in [6.45, 7) is 4.87. The average Bonchev–Trinajstić information content (AvgIpc) is 3.70. The molecular formula is C30H33ClF4N2O4. The number of nitrogens with zero attached hydrogens (tertiary/aromatic N) is 1. The molecule has 1 heterocycles. The number of rotatable bonds is 10. The van der Waals surface area contributed by atoms with Gasteiger partial charge in [0.2, 0.25) is 0 Å². The van der Waals surface area contributed by atoms with Gasteiger partial charge in [0.1, 0.15) is 11.4 Å². The first kappa shape index (κ1) is 32.3. The Hall–Kier alpha value is -3.21. The van der Waals surface area contributed by atoms with Crippen molar-refractivity contribution < 1.29 is 36.9 Å². The molecule has 1 atom stereocenters. The highest BCUT2D eigenvalue weighted by Crippen LogP contribution is 2.37. The van der Waals surface area contributed by atoms with Gasteiger partial charge in [-0.05, 0) is 94.1 Å². The Balaban J connectivity index is 0.00000462. The Kier molecular flexibility index (Phi) is 9.42. The number of ketones is 1. The van der Waals surface area contributed by atoms with Crippen molar-refractivity contribution in [1.29, 1.82) is 0 Å². The largest absolute Gasteiger partial charge is 0.493 e. The second-order valence-corrected chi connectivity index (χ2v) is 10.9. The number of halogens is 5. The van der Waals surface area contributed by atoms with E-state index in [0.717, 1.165) is 18.9 Å². The fourth-order valence-electron chi connectivity index (χ4n) is 4.16. The van der Waals surface area contributed by atoms with Gasteiger partial charge in [0.05, 0.1) is 30.2 Å². The Morgan fingerprint density at radius 3 is 2.32 bits per heavy atom. The summed E-state index contributed by atoms with van der Waals surface area (Å²) in [7, 11) is 1.49. The molecule has 222 valence electrons. The van der Waals surface area contributed by atoms with E-state index in [1.165, 1.54) is 26.2 Å². The fourth-order valence-corrected chi connectivity index (χ4v) is 4.16. The number of carbonyl (C=O) groups is 1. The summed E-state index contributed by atoms with van der Waals surface area (Å²) in [5.41, 5.74) is 3.37. The second kappa shape index (κ2) is 12.0. The Labute approximate surface area is 242 Å². The maximum atomic E-state index is 13.9. The number of hydrogen-bond donors (Lipinski definition) is 2. The van der Waals surface area contributed by atoms with Gasteiger partial charge < -0.3 is 20.3 Å². The smallest absolute Gasteiger partial charge is 0.419 e. The molecule has 4 rings (SSSR count). The van der Waals surface area contributed by atoms with Crippen LogP contribution in [0.3, 0.4) is 0 Å². The Bertz CT molecular complexity index is 1420. The summed E-state index contributed by atoms with van der Waals surface area (Å²) < 4.78 is 65.2. The van der Waals surface area contributed by atoms with Gasteiger partial charge >= 0.3 is 6.18 Å². The van der Waals surface area contributed by atoms with Crippen LogP contribution in [0.2, 0.25) is 0 Å². The van der Waals surface area contributed by atoms with Crippen LogP contribution in [0.4, 0.5) is 17.6 Å². The molecule has 0 radical (unpaired) electrons. The summed E-state index contributed by atoms with van der Waals surface area (Å²) in [5.74, 6) is -0.659. The van der Waals surface area contributed by atoms with Crippen molar-refractivity contribution in [2.45, 2.75) is 69.9 Å². The molecule has 0 amide bonds. The molecule has 0 aliphatic heterocycles. The highest BCUT2D eigenvalue weighted by atomic mass is 35.5. The molecule has 1 unspecified atom stereocenters. The van der Waals surface area contributed by atoms with Crippen molar-refractivity contribution in [2.24, 2.45) is 5.73 Å². The van der Waals surface area contributed by atoms with Crippen LogP contribution in [0.25, 0.3) is 11.3 Å². The zero-order valence-electron chi connectivity index (χ0n) is 23.1. The van der Waals surface area contributed by atoms with Crippen LogP contribution in [0, 0.1) is 5.82 Å². The Morgan fingerprint density at radius 2 is 1.73 bits per heavy atom. The maximum Gasteiger partial charge on any atom is 0.419 e. The van der Waals surface area contributed by atoms with Crippen LogP contribution in [0.5, 0.6) is 11.5 Å². The van der Waals surface area contributed by atoms with Gasteiger partial charge in [-0.3, -0.25) is 4.79 Å². The highest BCUT2D eigenvalue weighted by molar-refractivity contribution is 5.96. The fraction of sp³-hybridized carbons (Fsp3) is 0.400. The molecule has 1 saturated carbocycles. The molecule has 3 N–H and O–H groups in total. The summed E-state index contributed by atoms with van der Waals surface area (Å²) in [4.78, 5) is 17.4. The first-order valence-electron chi connectivity index (χ1n) is 12.9. The lowest BCUT2D eigenvalue weighted by molar-refractivity contribution is -0.139. The van der Waals surface area contributed by atoms with E-state index in [1.54, 1.807) is 38.1 Å². The number of alkyl halides is 3. The molecule has 3 aromatic rings. The predicted molar refractivity (Wildman–Crippen MR) is 149 cm³/mol. The second-order valence-electron chi connectivity index (χ2n) is 10.9. The van der Waals surface area contributed by atoms with E-state index < -0.39 is 28.7 Å². The summed E-state index contributed by atoms with van der Waals surface area (Å²) in [5, 5.41) is 11.4. The van der Waals surface area contributed by atoms with Gasteiger partial charge in [0.15, 0.2) is 17.3 Å². The van der Waals surface area contributed by atoms with Crippen molar-refractivity contribution in [1.82, 2.24) is 4.98 Å². The van der Waals surface area contributed by atoms with Gasteiger partial charge in [0.25, 0.3) is 0 Å². The molecule has 2 aromatic carbocycles. The van der Waals surface area contributed by atoms with Crippen LogP contribution in [0.1, 0.15) is 73.6 Å². The van der Waals surface area contributed by atoms with E-state index in [-0.39, 0.29) is 54.1 Å². The standard InChI is InChI=1S/C30H32F4N2O4.ClH/c1-28(2,35)19-15-23(17-5-9-22(31)21(13-17)30(32,33)34)36-27(16-19)29(3,38)12-11-24(37)18-6-10-25(26(14-18)39-4)40-20-7-8-20;/h5-6,9-10,13-16,20,38H,7-8,11-12,35H2,1-4H3;1H. The number of hydrogen-bond acceptors (Lipinski definition) is 6. The molecular weight excluding hydrogens is 564 g/mol. The highest BCUT2D eigenvalue weighted by Gasteiger charge is 2.35. The minimum Gasteiger partial charge on any atom is -0.493 e. The molecule has 0 bridgehead atoms. The molecule has 11 heteroatoms. The summed E-state index contributed by atoms with van der Waals surface area (Å²) in [6.07, 6.45) is -2.88. The van der Waals surface area contributed by atoms with Gasteiger partial charge in [-0.15, -0.1) is 12.4 Å². The molecule has 0 saturated heterocycles. The van der Waals surface area contributed by atoms with Crippen molar-refractivity contribution >= 4 is 18.2 Å². The third-order valence-electron chi connectivity index (χ3n) is 6.83. The van der Waals surface area contributed by atoms with Gasteiger partial charge in [-0.25, -0.2) is 9.37 Å². The van der Waals surface area contributed by atoms with Crippen LogP contribution < -0.4 is 15.2 Å². The normalized spacial score (nSPS) is 15.1. The number of nitrogens with two attached hydrogens (primary N) is 1. The van der Waals surface area contributed by atoms with E-state index in [0.29, 0.717) is 28.7 Å². The number of aliphatic hydroxyl groups is 1. The molecule has 6 nitrogen and oxygen atoms in total. The lowest BCUT2D eigenvalue weighted by atomic mass is 9.88. The molecule has 1 fully saturated rings. The van der Waals surface area contributed by atoms with Crippen molar-refractivity contribution in [3.8, 4) is 22.8 Å². The molecule has 1 aliphatic rings. The zero-order chi connectivity index (χ0) is 29.5. The van der Waals surface area contributed by atoms with E-state index in [1.807, 2.05) is 0 Å². The van der Waals surface area contributed by atoms with Crippen LogP contribution >= 0.6 is 12.4 Å². The van der Waals surface area contributed by atoms with Crippen molar-refractivity contribution in [3.05, 3.63) is 76.7 Å². The van der Waals surface area contributed by atoms with Crippen LogP contribution in [-0.2, 0) is 17.3 Å². The zero-order valence-corrected chi connectivity index (χ0v) is 24.0. The maximum absolute atomic E-state index is 13.9. The summed E-state index contributed by atoms with van der Waals surface area (Å²) >= 11 is 0. The first-order chi connectivity index (χ1) is 18.6. The average molecular weight is 597 g/mol. The number of benzene rings is 2. The summed E-state index contributed by atoms with van der Waals surface area (Å²) in [6, 6.07) is 10.6. The predicted octanol–water partition coefficient (Wildman–Crippen LogP) is 6.94. The minimum atomic E-state index is -4.90. The van der Waals surface area contributed by atoms with E-state index in [4.69, 9.17) is 15.2 Å². The van der Waals surface area contributed by atoms with Crippen molar-refractivity contribution in [3.63, 3.8) is 0 Å². The van der Waals surface area contributed by atoms with Crippen molar-refractivity contribution in [2.75, 3.05) is 7.11 Å². The quantitative estimate of drug-likeness (QED) is 0.194. The monoisotopic (exact) mass is 596 g/mol. The van der Waals surface area contributed by atoms with E-state index in [9.17, 15) is 27.5 Å². The molecule has 0 spiro atoms.